The molecule has 1 aliphatic rings. The molecule has 1 atom stereocenters. The van der Waals surface area contributed by atoms with Gasteiger partial charge in [-0.2, -0.15) is 0 Å². The third-order valence-electron chi connectivity index (χ3n) is 5.21. The summed E-state index contributed by atoms with van der Waals surface area (Å²) in [6.07, 6.45) is 0.0423. The van der Waals surface area contributed by atoms with Gasteiger partial charge in [0, 0.05) is 30.8 Å². The summed E-state index contributed by atoms with van der Waals surface area (Å²) in [5.41, 5.74) is 1.89. The topological polar surface area (TPSA) is 91.4 Å². The highest BCUT2D eigenvalue weighted by molar-refractivity contribution is 8.01. The van der Waals surface area contributed by atoms with E-state index in [1.807, 2.05) is 37.3 Å². The van der Waals surface area contributed by atoms with Crippen LogP contribution in [0, 0.1) is 11.7 Å². The molecule has 2 heterocycles. The Labute approximate surface area is 204 Å². The SMILES string of the molecule is CCNC(=O)CSc1nc(-c2ccccc2)c(NC(=O)C2CC(=O)N(c3cccc(F)c3)C2)s1. The van der Waals surface area contributed by atoms with Crippen LogP contribution in [0.15, 0.2) is 58.9 Å². The Hall–Kier alpha value is -3.24. The molecule has 1 unspecified atom stereocenters. The van der Waals surface area contributed by atoms with Crippen LogP contribution in [0.1, 0.15) is 13.3 Å². The first-order valence-corrected chi connectivity index (χ1v) is 12.6. The van der Waals surface area contributed by atoms with Crippen LogP contribution in [0.5, 0.6) is 0 Å². The summed E-state index contributed by atoms with van der Waals surface area (Å²) in [4.78, 5) is 43.5. The van der Waals surface area contributed by atoms with Crippen molar-refractivity contribution in [2.75, 3.05) is 29.1 Å². The van der Waals surface area contributed by atoms with Crippen LogP contribution < -0.4 is 15.5 Å². The van der Waals surface area contributed by atoms with Gasteiger partial charge in [-0.25, -0.2) is 9.37 Å². The number of rotatable bonds is 8. The first kappa shape index (κ1) is 23.9. The largest absolute Gasteiger partial charge is 0.356 e. The zero-order valence-electron chi connectivity index (χ0n) is 18.4. The molecule has 7 nitrogen and oxygen atoms in total. The van der Waals surface area contributed by atoms with Gasteiger partial charge >= 0.3 is 0 Å². The summed E-state index contributed by atoms with van der Waals surface area (Å²) in [5, 5.41) is 6.25. The first-order valence-electron chi connectivity index (χ1n) is 10.8. The number of amides is 3. The fourth-order valence-electron chi connectivity index (χ4n) is 3.60. The van der Waals surface area contributed by atoms with Crippen molar-refractivity contribution in [2.45, 2.75) is 17.7 Å². The van der Waals surface area contributed by atoms with Gasteiger partial charge in [0.1, 0.15) is 16.5 Å². The van der Waals surface area contributed by atoms with Crippen LogP contribution in [0.3, 0.4) is 0 Å². The zero-order chi connectivity index (χ0) is 24.1. The van der Waals surface area contributed by atoms with Gasteiger partial charge in [0.05, 0.1) is 11.7 Å². The Morgan fingerprint density at radius 2 is 2.00 bits per heavy atom. The highest BCUT2D eigenvalue weighted by atomic mass is 32.2. The number of nitrogens with one attached hydrogen (secondary N) is 2. The van der Waals surface area contributed by atoms with E-state index in [4.69, 9.17) is 0 Å². The molecule has 1 aliphatic heterocycles. The van der Waals surface area contributed by atoms with Crippen molar-refractivity contribution in [3.05, 3.63) is 60.4 Å². The Kier molecular flexibility index (Phi) is 7.59. The van der Waals surface area contributed by atoms with Crippen molar-refractivity contribution in [3.63, 3.8) is 0 Å². The van der Waals surface area contributed by atoms with E-state index in [-0.39, 0.29) is 36.4 Å². The normalized spacial score (nSPS) is 15.4. The second kappa shape index (κ2) is 10.8. The van der Waals surface area contributed by atoms with E-state index in [0.717, 1.165) is 5.56 Å². The number of hydrogen-bond donors (Lipinski definition) is 2. The van der Waals surface area contributed by atoms with Crippen LogP contribution in [0.2, 0.25) is 0 Å². The molecule has 4 rings (SSSR count). The summed E-state index contributed by atoms with van der Waals surface area (Å²) in [5.74, 6) is -1.40. The lowest BCUT2D eigenvalue weighted by Gasteiger charge is -2.16. The molecule has 2 aromatic carbocycles. The van der Waals surface area contributed by atoms with Crippen molar-refractivity contribution in [1.29, 1.82) is 0 Å². The van der Waals surface area contributed by atoms with Gasteiger partial charge in [-0.1, -0.05) is 59.5 Å². The highest BCUT2D eigenvalue weighted by Crippen LogP contribution is 2.38. The number of aromatic nitrogens is 1. The molecule has 1 aromatic heterocycles. The number of thiazole rings is 1. The molecule has 10 heteroatoms. The third-order valence-corrected chi connectivity index (χ3v) is 7.32. The smallest absolute Gasteiger partial charge is 0.230 e. The summed E-state index contributed by atoms with van der Waals surface area (Å²) in [6, 6.07) is 15.2. The fraction of sp³-hybridized carbons (Fsp3) is 0.250. The number of thioether (sulfide) groups is 1. The summed E-state index contributed by atoms with van der Waals surface area (Å²) in [7, 11) is 0. The average molecular weight is 499 g/mol. The minimum absolute atomic E-state index is 0.0423. The minimum Gasteiger partial charge on any atom is -0.356 e. The molecular weight excluding hydrogens is 475 g/mol. The molecule has 0 aliphatic carbocycles. The second-order valence-corrected chi connectivity index (χ2v) is 9.86. The summed E-state index contributed by atoms with van der Waals surface area (Å²) < 4.78 is 14.3. The number of carbonyl (C=O) groups excluding carboxylic acids is 3. The quantitative estimate of drug-likeness (QED) is 0.455. The van der Waals surface area contributed by atoms with Crippen LogP contribution in [0.4, 0.5) is 15.1 Å². The third kappa shape index (κ3) is 5.63. The van der Waals surface area contributed by atoms with Crippen molar-refractivity contribution in [3.8, 4) is 11.3 Å². The van der Waals surface area contributed by atoms with Crippen molar-refractivity contribution in [1.82, 2.24) is 10.3 Å². The first-order chi connectivity index (χ1) is 16.4. The lowest BCUT2D eigenvalue weighted by molar-refractivity contribution is -0.122. The van der Waals surface area contributed by atoms with E-state index in [2.05, 4.69) is 15.6 Å². The van der Waals surface area contributed by atoms with Gasteiger partial charge in [-0.15, -0.1) is 0 Å². The molecule has 0 bridgehead atoms. The zero-order valence-corrected chi connectivity index (χ0v) is 20.0. The monoisotopic (exact) mass is 498 g/mol. The molecule has 1 saturated heterocycles. The molecule has 2 N–H and O–H groups in total. The van der Waals surface area contributed by atoms with Gasteiger partial charge in [-0.05, 0) is 25.1 Å². The maximum atomic E-state index is 13.6. The van der Waals surface area contributed by atoms with E-state index in [1.165, 1.54) is 46.2 Å². The molecule has 176 valence electrons. The number of benzene rings is 2. The number of nitrogens with zero attached hydrogens (tertiary/aromatic N) is 2. The molecule has 0 saturated carbocycles. The molecule has 0 spiro atoms. The van der Waals surface area contributed by atoms with Crippen LogP contribution in [-0.2, 0) is 14.4 Å². The average Bonchev–Trinajstić information content (AvgIpc) is 3.42. The predicted octanol–water partition coefficient (Wildman–Crippen LogP) is 4.17. The highest BCUT2D eigenvalue weighted by Gasteiger charge is 2.36. The Morgan fingerprint density at radius 1 is 1.21 bits per heavy atom. The molecule has 0 radical (unpaired) electrons. The van der Waals surface area contributed by atoms with E-state index >= 15 is 0 Å². The van der Waals surface area contributed by atoms with Crippen LogP contribution in [0.25, 0.3) is 11.3 Å². The minimum atomic E-state index is -0.576. The molecule has 3 amide bonds. The molecule has 34 heavy (non-hydrogen) atoms. The van der Waals surface area contributed by atoms with Crippen molar-refractivity contribution >= 4 is 51.5 Å². The number of anilines is 2. The van der Waals surface area contributed by atoms with Crippen molar-refractivity contribution < 1.29 is 18.8 Å². The lowest BCUT2D eigenvalue weighted by atomic mass is 10.1. The van der Waals surface area contributed by atoms with E-state index in [1.54, 1.807) is 6.07 Å². The van der Waals surface area contributed by atoms with Crippen molar-refractivity contribution in [2.24, 2.45) is 5.92 Å². The van der Waals surface area contributed by atoms with Gasteiger partial charge in [0.15, 0.2) is 4.34 Å². The van der Waals surface area contributed by atoms with Crippen LogP contribution >= 0.6 is 23.1 Å². The van der Waals surface area contributed by atoms with E-state index < -0.39 is 11.7 Å². The summed E-state index contributed by atoms with van der Waals surface area (Å²) >= 11 is 2.60. The maximum absolute atomic E-state index is 13.6. The standard InChI is InChI=1S/C24H23FN4O3S2/c1-2-26-19(30)14-33-24-27-21(15-7-4-3-5-8-15)23(34-24)28-22(32)16-11-20(31)29(13-16)18-10-6-9-17(25)12-18/h3-10,12,16H,2,11,13-14H2,1H3,(H,26,30)(H,28,32). The Balaban J connectivity index is 1.51. The van der Waals surface area contributed by atoms with Gasteiger partial charge in [0.25, 0.3) is 0 Å². The van der Waals surface area contributed by atoms with Gasteiger partial charge in [0.2, 0.25) is 17.7 Å². The second-order valence-electron chi connectivity index (χ2n) is 7.64. The Morgan fingerprint density at radius 3 is 2.74 bits per heavy atom. The van der Waals surface area contributed by atoms with Gasteiger partial charge in [-0.3, -0.25) is 14.4 Å². The lowest BCUT2D eigenvalue weighted by Crippen LogP contribution is -2.28. The number of halogens is 1. The molecular formula is C24H23FN4O3S2. The number of carbonyl (C=O) groups is 3. The van der Waals surface area contributed by atoms with Crippen LogP contribution in [-0.4, -0.2) is 41.5 Å². The fourth-order valence-corrected chi connectivity index (χ4v) is 5.50. The number of hydrogen-bond acceptors (Lipinski definition) is 6. The van der Waals surface area contributed by atoms with E-state index in [9.17, 15) is 18.8 Å². The van der Waals surface area contributed by atoms with E-state index in [0.29, 0.717) is 27.3 Å². The van der Waals surface area contributed by atoms with Gasteiger partial charge < -0.3 is 15.5 Å². The summed E-state index contributed by atoms with van der Waals surface area (Å²) in [6.45, 7) is 2.59. The Bertz CT molecular complexity index is 1200. The maximum Gasteiger partial charge on any atom is 0.230 e. The molecule has 3 aromatic rings. The predicted molar refractivity (Wildman–Crippen MR) is 132 cm³/mol. The molecule has 1 fully saturated rings.